The molecule has 0 spiro atoms. The zero-order chi connectivity index (χ0) is 20.5. The van der Waals surface area contributed by atoms with Gasteiger partial charge < -0.3 is 0 Å². The van der Waals surface area contributed by atoms with Gasteiger partial charge in [-0.15, -0.1) is 0 Å². The highest BCUT2D eigenvalue weighted by atomic mass is 16.1. The van der Waals surface area contributed by atoms with E-state index in [0.717, 1.165) is 16.7 Å². The van der Waals surface area contributed by atoms with Crippen molar-refractivity contribution in [1.82, 2.24) is 0 Å². The zero-order valence-corrected chi connectivity index (χ0v) is 16.9. The topological polar surface area (TPSA) is 17.1 Å². The quantitative estimate of drug-likeness (QED) is 0.190. The van der Waals surface area contributed by atoms with Crippen molar-refractivity contribution in [2.45, 2.75) is 6.42 Å². The number of benzene rings is 6. The molecule has 0 amide bonds. The van der Waals surface area contributed by atoms with E-state index in [0.29, 0.717) is 6.42 Å². The second kappa shape index (κ2) is 6.02. The number of hydrogen-bond donors (Lipinski definition) is 0. The third-order valence-corrected chi connectivity index (χ3v) is 6.81. The van der Waals surface area contributed by atoms with Crippen LogP contribution in [0.4, 0.5) is 0 Å². The Morgan fingerprint density at radius 2 is 1.19 bits per heavy atom. The van der Waals surface area contributed by atoms with Crippen molar-refractivity contribution in [2.24, 2.45) is 0 Å². The summed E-state index contributed by atoms with van der Waals surface area (Å²) in [4.78, 5) is 13.1. The van der Waals surface area contributed by atoms with E-state index >= 15 is 0 Å². The number of ketones is 1. The van der Waals surface area contributed by atoms with Gasteiger partial charge in [-0.05, 0) is 71.9 Å². The first kappa shape index (κ1) is 16.8. The third kappa shape index (κ3) is 2.23. The molecule has 6 aromatic carbocycles. The molecule has 0 aromatic heterocycles. The molecule has 0 atom stereocenters. The highest BCUT2D eigenvalue weighted by molar-refractivity contribution is 6.28. The van der Waals surface area contributed by atoms with Gasteiger partial charge in [-0.1, -0.05) is 84.9 Å². The molecule has 0 heterocycles. The van der Waals surface area contributed by atoms with Crippen LogP contribution >= 0.6 is 0 Å². The van der Waals surface area contributed by atoms with Gasteiger partial charge in [-0.25, -0.2) is 0 Å². The van der Waals surface area contributed by atoms with E-state index in [9.17, 15) is 4.79 Å². The van der Waals surface area contributed by atoms with Crippen LogP contribution in [0, 0.1) is 0 Å². The molecular weight excluding hydrogens is 376 g/mol. The lowest BCUT2D eigenvalue weighted by atomic mass is 9.78. The molecule has 1 nitrogen and oxygen atoms in total. The number of rotatable bonds is 0. The first-order chi connectivity index (χ1) is 15.3. The van der Waals surface area contributed by atoms with Crippen molar-refractivity contribution in [3.8, 4) is 11.1 Å². The van der Waals surface area contributed by atoms with Gasteiger partial charge in [0.15, 0.2) is 5.78 Å². The molecule has 0 aliphatic heterocycles. The van der Waals surface area contributed by atoms with Gasteiger partial charge in [-0.2, -0.15) is 0 Å². The highest BCUT2D eigenvalue weighted by Crippen LogP contribution is 2.46. The molecule has 1 aliphatic carbocycles. The van der Waals surface area contributed by atoms with Crippen LogP contribution in [0.25, 0.3) is 54.2 Å². The minimum absolute atomic E-state index is 0.207. The standard InChI is InChI=1S/C30H18O/c31-28-17-27-22-10-4-3-9-21(22)25-14-13-20-15-18-7-1-2-8-19(18)16-26(20)29(25)30(27)24-12-6-5-11-23(24)28/h1-16H,17H2. The fourth-order valence-corrected chi connectivity index (χ4v) is 5.46. The molecule has 0 N–H and O–H groups in total. The minimum atomic E-state index is 0.207. The molecule has 0 bridgehead atoms. The molecule has 144 valence electrons. The molecule has 0 radical (unpaired) electrons. The molecule has 0 saturated carbocycles. The maximum Gasteiger partial charge on any atom is 0.167 e. The number of carbonyl (C=O) groups is 1. The Hall–Kier alpha value is -3.97. The molecular formula is C30H18O. The van der Waals surface area contributed by atoms with Gasteiger partial charge >= 0.3 is 0 Å². The summed E-state index contributed by atoms with van der Waals surface area (Å²) in [5.41, 5.74) is 4.28. The summed E-state index contributed by atoms with van der Waals surface area (Å²) < 4.78 is 0. The molecule has 6 aromatic rings. The molecule has 0 saturated heterocycles. The Balaban J connectivity index is 1.79. The predicted molar refractivity (Wildman–Crippen MR) is 130 cm³/mol. The van der Waals surface area contributed by atoms with Crippen molar-refractivity contribution in [1.29, 1.82) is 0 Å². The van der Waals surface area contributed by atoms with Gasteiger partial charge in [0.2, 0.25) is 0 Å². The summed E-state index contributed by atoms with van der Waals surface area (Å²) in [6.45, 7) is 0. The van der Waals surface area contributed by atoms with Crippen molar-refractivity contribution in [3.63, 3.8) is 0 Å². The summed E-state index contributed by atoms with van der Waals surface area (Å²) in [6, 6.07) is 34.3. The van der Waals surface area contributed by atoms with Gasteiger partial charge in [0.05, 0.1) is 0 Å². The number of fused-ring (bicyclic) bond motifs is 11. The Kier molecular flexibility index (Phi) is 3.26. The molecule has 0 unspecified atom stereocenters. The van der Waals surface area contributed by atoms with Crippen molar-refractivity contribution in [3.05, 3.63) is 108 Å². The molecule has 31 heavy (non-hydrogen) atoms. The van der Waals surface area contributed by atoms with Crippen LogP contribution in [0.3, 0.4) is 0 Å². The Morgan fingerprint density at radius 1 is 0.516 bits per heavy atom. The van der Waals surface area contributed by atoms with Crippen LogP contribution in [0.2, 0.25) is 0 Å². The van der Waals surface area contributed by atoms with E-state index in [1.165, 1.54) is 48.7 Å². The number of carbonyl (C=O) groups excluding carboxylic acids is 1. The summed E-state index contributed by atoms with van der Waals surface area (Å²) in [5.74, 6) is 0.207. The lowest BCUT2D eigenvalue weighted by molar-refractivity contribution is 0.0992. The van der Waals surface area contributed by atoms with Crippen molar-refractivity contribution in [2.75, 3.05) is 0 Å². The van der Waals surface area contributed by atoms with Crippen molar-refractivity contribution < 1.29 is 4.79 Å². The fraction of sp³-hybridized carbons (Fsp3) is 0.0333. The summed E-state index contributed by atoms with van der Waals surface area (Å²) >= 11 is 0. The SMILES string of the molecule is O=C1Cc2c(c3c4cc5ccccc5cc4ccc3c3ccccc23)-c2ccccc21. The van der Waals surface area contributed by atoms with Crippen LogP contribution in [-0.4, -0.2) is 5.78 Å². The van der Waals surface area contributed by atoms with Crippen LogP contribution in [0.5, 0.6) is 0 Å². The minimum Gasteiger partial charge on any atom is -0.294 e. The number of hydrogen-bond acceptors (Lipinski definition) is 1. The largest absolute Gasteiger partial charge is 0.294 e. The maximum atomic E-state index is 13.1. The maximum absolute atomic E-state index is 13.1. The van der Waals surface area contributed by atoms with Gasteiger partial charge in [-0.3, -0.25) is 4.79 Å². The van der Waals surface area contributed by atoms with Gasteiger partial charge in [0, 0.05) is 12.0 Å². The second-order valence-electron chi connectivity index (χ2n) is 8.45. The molecule has 7 rings (SSSR count). The van der Waals surface area contributed by atoms with Crippen LogP contribution in [0.15, 0.2) is 97.1 Å². The van der Waals surface area contributed by atoms with E-state index < -0.39 is 0 Å². The Morgan fingerprint density at radius 3 is 2.03 bits per heavy atom. The van der Waals surface area contributed by atoms with Gasteiger partial charge in [0.25, 0.3) is 0 Å². The lowest BCUT2D eigenvalue weighted by Crippen LogP contribution is -2.13. The summed E-state index contributed by atoms with van der Waals surface area (Å²) in [5, 5.41) is 9.90. The first-order valence-corrected chi connectivity index (χ1v) is 10.7. The molecule has 0 fully saturated rings. The number of Topliss-reactive ketones (excluding diaryl/α,β-unsaturated/α-hetero) is 1. The summed E-state index contributed by atoms with van der Waals surface area (Å²) in [7, 11) is 0. The van der Waals surface area contributed by atoms with Crippen LogP contribution in [0.1, 0.15) is 15.9 Å². The van der Waals surface area contributed by atoms with Crippen LogP contribution in [-0.2, 0) is 6.42 Å². The Bertz CT molecular complexity index is 1720. The lowest BCUT2D eigenvalue weighted by Gasteiger charge is -2.24. The average molecular weight is 394 g/mol. The van der Waals surface area contributed by atoms with E-state index in [2.05, 4.69) is 78.9 Å². The van der Waals surface area contributed by atoms with Gasteiger partial charge in [0.1, 0.15) is 0 Å². The first-order valence-electron chi connectivity index (χ1n) is 10.7. The third-order valence-electron chi connectivity index (χ3n) is 6.81. The van der Waals surface area contributed by atoms with E-state index in [1.54, 1.807) is 0 Å². The van der Waals surface area contributed by atoms with E-state index in [-0.39, 0.29) is 5.78 Å². The predicted octanol–water partition coefficient (Wildman–Crippen LogP) is 7.71. The highest BCUT2D eigenvalue weighted by Gasteiger charge is 2.27. The van der Waals surface area contributed by atoms with Crippen LogP contribution < -0.4 is 0 Å². The summed E-state index contributed by atoms with van der Waals surface area (Å²) in [6.07, 6.45) is 0.451. The molecule has 1 heteroatoms. The normalized spacial score (nSPS) is 13.1. The fourth-order valence-electron chi connectivity index (χ4n) is 5.46. The van der Waals surface area contributed by atoms with Crippen molar-refractivity contribution >= 4 is 48.9 Å². The smallest absolute Gasteiger partial charge is 0.167 e. The second-order valence-corrected chi connectivity index (χ2v) is 8.45. The monoisotopic (exact) mass is 394 g/mol. The average Bonchev–Trinajstić information content (AvgIpc) is 2.82. The zero-order valence-electron chi connectivity index (χ0n) is 16.9. The Labute approximate surface area is 179 Å². The van der Waals surface area contributed by atoms with E-state index in [4.69, 9.17) is 0 Å². The van der Waals surface area contributed by atoms with E-state index in [1.807, 2.05) is 18.2 Å². The molecule has 1 aliphatic rings.